The zero-order valence-electron chi connectivity index (χ0n) is 16.3. The average Bonchev–Trinajstić information content (AvgIpc) is 3.35. The molecule has 3 heterocycles. The lowest BCUT2D eigenvalue weighted by Crippen LogP contribution is -2.27. The number of nitrogens with zero attached hydrogens (tertiary/aromatic N) is 3. The van der Waals surface area contributed by atoms with Crippen molar-refractivity contribution in [3.63, 3.8) is 0 Å². The summed E-state index contributed by atoms with van der Waals surface area (Å²) in [6.07, 6.45) is 3.47. The van der Waals surface area contributed by atoms with Crippen LogP contribution in [0.1, 0.15) is 29.1 Å². The quantitative estimate of drug-likeness (QED) is 0.345. The molecule has 0 radical (unpaired) electrons. The Morgan fingerprint density at radius 2 is 1.65 bits per heavy atom. The second kappa shape index (κ2) is 7.68. The van der Waals surface area contributed by atoms with Gasteiger partial charge in [-0.15, -0.1) is 0 Å². The van der Waals surface area contributed by atoms with Crippen molar-refractivity contribution in [1.82, 2.24) is 30.5 Å². The highest BCUT2D eigenvalue weighted by molar-refractivity contribution is 6.34. The van der Waals surface area contributed by atoms with E-state index in [2.05, 4.69) is 30.5 Å². The summed E-state index contributed by atoms with van der Waals surface area (Å²) in [6, 6.07) is 12.5. The topological polar surface area (TPSA) is 99.3 Å². The smallest absolute Gasteiger partial charge is 0.289 e. The van der Waals surface area contributed by atoms with Crippen molar-refractivity contribution in [3.05, 3.63) is 76.3 Å². The second-order valence-electron chi connectivity index (χ2n) is 7.19. The van der Waals surface area contributed by atoms with Gasteiger partial charge in [0.2, 0.25) is 5.82 Å². The Morgan fingerprint density at radius 3 is 2.35 bits per heavy atom. The molecule has 5 rings (SSSR count). The number of aromatic nitrogens is 5. The lowest BCUT2D eigenvalue weighted by atomic mass is 10.1. The monoisotopic (exact) mass is 450 g/mol. The van der Waals surface area contributed by atoms with Crippen LogP contribution in [0.25, 0.3) is 33.2 Å². The number of amides is 1. The Labute approximate surface area is 186 Å². The summed E-state index contributed by atoms with van der Waals surface area (Å²) in [4.78, 5) is 25.7. The Kier molecular flexibility index (Phi) is 4.84. The fraction of sp³-hybridized carbons (Fsp3) is 0.0909. The van der Waals surface area contributed by atoms with Crippen molar-refractivity contribution in [3.8, 4) is 11.3 Å². The fourth-order valence-electron chi connectivity index (χ4n) is 3.53. The Hall–Kier alpha value is -3.42. The second-order valence-corrected chi connectivity index (χ2v) is 8.07. The third kappa shape index (κ3) is 3.73. The van der Waals surface area contributed by atoms with E-state index < -0.39 is 0 Å². The van der Waals surface area contributed by atoms with Crippen LogP contribution in [0, 0.1) is 0 Å². The molecule has 9 heteroatoms. The molecule has 0 spiro atoms. The van der Waals surface area contributed by atoms with Crippen LogP contribution in [0.15, 0.2) is 54.9 Å². The molecule has 2 aromatic carbocycles. The predicted molar refractivity (Wildman–Crippen MR) is 121 cm³/mol. The standard InChI is InChI=1S/C22H16Cl2N6O/c1-11(13-6-14(23)8-15(24)7-13)26-22(31)21-27-18-9-16-17(10-19(18)28-21)29-30-20(16)12-2-4-25-5-3-12/h2-11,29-30H,1H3,(H,26,31)/t11-/m1/s1. The third-order valence-corrected chi connectivity index (χ3v) is 5.50. The predicted octanol–water partition coefficient (Wildman–Crippen LogP) is 5.30. The summed E-state index contributed by atoms with van der Waals surface area (Å²) in [6.45, 7) is 1.85. The Bertz CT molecular complexity index is 1410. The number of fused-ring (bicyclic) bond motifs is 2. The van der Waals surface area contributed by atoms with Gasteiger partial charge < -0.3 is 10.4 Å². The first-order chi connectivity index (χ1) is 15.0. The van der Waals surface area contributed by atoms with Crippen molar-refractivity contribution in [2.75, 3.05) is 0 Å². The van der Waals surface area contributed by atoms with Crippen LogP contribution in [0.4, 0.5) is 0 Å². The molecule has 1 amide bonds. The molecule has 0 aliphatic carbocycles. The highest BCUT2D eigenvalue weighted by Crippen LogP contribution is 2.29. The molecule has 0 bridgehead atoms. The zero-order valence-corrected chi connectivity index (χ0v) is 17.8. The molecular formula is C22H16Cl2N6O. The van der Waals surface area contributed by atoms with Gasteiger partial charge in [0, 0.05) is 33.4 Å². The number of hydrogen-bond donors (Lipinski definition) is 3. The molecule has 0 aliphatic rings. The summed E-state index contributed by atoms with van der Waals surface area (Å²) in [7, 11) is 0. The van der Waals surface area contributed by atoms with E-state index in [0.717, 1.165) is 27.7 Å². The molecule has 31 heavy (non-hydrogen) atoms. The molecule has 0 aliphatic heterocycles. The molecule has 3 aromatic heterocycles. The summed E-state index contributed by atoms with van der Waals surface area (Å²) in [5.74, 6) is -0.263. The fourth-order valence-corrected chi connectivity index (χ4v) is 4.08. The van der Waals surface area contributed by atoms with Crippen LogP contribution in [0.2, 0.25) is 10.0 Å². The maximum Gasteiger partial charge on any atom is 0.289 e. The van der Waals surface area contributed by atoms with Crippen molar-refractivity contribution in [2.24, 2.45) is 0 Å². The molecule has 0 unspecified atom stereocenters. The van der Waals surface area contributed by atoms with E-state index in [4.69, 9.17) is 23.2 Å². The van der Waals surface area contributed by atoms with E-state index in [-0.39, 0.29) is 17.8 Å². The summed E-state index contributed by atoms with van der Waals surface area (Å²) >= 11 is 12.1. The highest BCUT2D eigenvalue weighted by atomic mass is 35.5. The van der Waals surface area contributed by atoms with E-state index in [1.807, 2.05) is 31.2 Å². The van der Waals surface area contributed by atoms with Gasteiger partial charge in [-0.2, -0.15) is 0 Å². The lowest BCUT2D eigenvalue weighted by Gasteiger charge is -2.14. The summed E-state index contributed by atoms with van der Waals surface area (Å²) in [5, 5.41) is 11.2. The summed E-state index contributed by atoms with van der Waals surface area (Å²) < 4.78 is 0. The van der Waals surface area contributed by atoms with Crippen molar-refractivity contribution >= 4 is 51.0 Å². The van der Waals surface area contributed by atoms with E-state index in [9.17, 15) is 4.79 Å². The van der Waals surface area contributed by atoms with E-state index in [1.54, 1.807) is 30.6 Å². The van der Waals surface area contributed by atoms with E-state index in [0.29, 0.717) is 21.1 Å². The van der Waals surface area contributed by atoms with E-state index in [1.165, 1.54) is 0 Å². The zero-order chi connectivity index (χ0) is 21.5. The Morgan fingerprint density at radius 1 is 0.968 bits per heavy atom. The maximum absolute atomic E-state index is 12.8. The van der Waals surface area contributed by atoms with Crippen LogP contribution in [0.3, 0.4) is 0 Å². The minimum Gasteiger partial charge on any atom is -0.343 e. The van der Waals surface area contributed by atoms with Crippen molar-refractivity contribution in [1.29, 1.82) is 0 Å². The van der Waals surface area contributed by atoms with Crippen molar-refractivity contribution in [2.45, 2.75) is 13.0 Å². The van der Waals surface area contributed by atoms with Gasteiger partial charge in [-0.1, -0.05) is 23.2 Å². The number of hydrogen-bond acceptors (Lipinski definition) is 4. The lowest BCUT2D eigenvalue weighted by molar-refractivity contribution is 0.0930. The normalized spacial score (nSPS) is 12.4. The number of carbonyl (C=O) groups is 1. The Balaban J connectivity index is 1.46. The van der Waals surface area contributed by atoms with Gasteiger partial charge in [0.05, 0.1) is 28.3 Å². The van der Waals surface area contributed by atoms with Crippen LogP contribution < -0.4 is 5.32 Å². The van der Waals surface area contributed by atoms with Crippen LogP contribution in [0.5, 0.6) is 0 Å². The number of pyridine rings is 1. The number of rotatable bonds is 4. The number of carbonyl (C=O) groups excluding carboxylic acids is 1. The molecule has 0 saturated carbocycles. The largest absolute Gasteiger partial charge is 0.343 e. The minimum atomic E-state index is -0.371. The SMILES string of the molecule is C[C@@H](NC(=O)c1nc2cc3[nH][nH]c(-c4ccncc4)c3cc2n1)c1cc(Cl)cc(Cl)c1. The van der Waals surface area contributed by atoms with Crippen LogP contribution in [-0.4, -0.2) is 31.1 Å². The minimum absolute atomic E-state index is 0.108. The van der Waals surface area contributed by atoms with Gasteiger partial charge in [-0.3, -0.25) is 14.9 Å². The number of imidazole rings is 1. The van der Waals surface area contributed by atoms with Gasteiger partial charge in [-0.25, -0.2) is 9.97 Å². The van der Waals surface area contributed by atoms with Gasteiger partial charge in [0.15, 0.2) is 0 Å². The van der Waals surface area contributed by atoms with Gasteiger partial charge >= 0.3 is 0 Å². The van der Waals surface area contributed by atoms with Crippen molar-refractivity contribution < 1.29 is 4.79 Å². The molecule has 1 atom stereocenters. The maximum atomic E-state index is 12.8. The highest BCUT2D eigenvalue weighted by Gasteiger charge is 2.18. The molecule has 154 valence electrons. The molecule has 0 fully saturated rings. The summed E-state index contributed by atoms with van der Waals surface area (Å²) in [5.41, 5.74) is 4.85. The third-order valence-electron chi connectivity index (χ3n) is 5.06. The number of H-pyrrole nitrogens is 2. The van der Waals surface area contributed by atoms with Crippen LogP contribution in [-0.2, 0) is 0 Å². The first-order valence-corrected chi connectivity index (χ1v) is 10.3. The van der Waals surface area contributed by atoms with Gasteiger partial charge in [0.1, 0.15) is 0 Å². The molecule has 5 aromatic rings. The van der Waals surface area contributed by atoms with Gasteiger partial charge in [0.25, 0.3) is 5.91 Å². The number of benzene rings is 2. The number of halogens is 2. The average molecular weight is 451 g/mol. The molecular weight excluding hydrogens is 435 g/mol. The molecule has 0 saturated heterocycles. The van der Waals surface area contributed by atoms with E-state index >= 15 is 0 Å². The number of aromatic amines is 2. The molecule has 7 nitrogen and oxygen atoms in total. The molecule has 3 N–H and O–H groups in total. The first kappa shape index (κ1) is 19.5. The first-order valence-electron chi connectivity index (χ1n) is 9.53. The number of nitrogens with one attached hydrogen (secondary N) is 3. The van der Waals surface area contributed by atoms with Gasteiger partial charge in [-0.05, 0) is 55.0 Å². The van der Waals surface area contributed by atoms with Crippen LogP contribution >= 0.6 is 23.2 Å².